The predicted octanol–water partition coefficient (Wildman–Crippen LogP) is 5.00. The molecule has 3 aromatic rings. The first kappa shape index (κ1) is 24.7. The Bertz CT molecular complexity index is 1280. The Labute approximate surface area is 198 Å². The van der Waals surface area contributed by atoms with Gasteiger partial charge in [-0.3, -0.25) is 10.1 Å². The van der Waals surface area contributed by atoms with Gasteiger partial charge in [-0.2, -0.15) is 13.2 Å². The van der Waals surface area contributed by atoms with Crippen molar-refractivity contribution in [3.05, 3.63) is 69.9 Å². The normalized spacial score (nSPS) is 10.8. The number of aryl methyl sites for hydroxylation is 1. The van der Waals surface area contributed by atoms with E-state index in [4.69, 9.17) is 0 Å². The smallest absolute Gasteiger partial charge is 0.328 e. The number of amides is 3. The molecule has 0 aliphatic heterocycles. The molecule has 3 rings (SSSR count). The van der Waals surface area contributed by atoms with Crippen molar-refractivity contribution in [3.8, 4) is 11.8 Å². The van der Waals surface area contributed by atoms with Gasteiger partial charge < -0.3 is 10.2 Å². The van der Waals surface area contributed by atoms with E-state index in [0.717, 1.165) is 23.9 Å². The highest BCUT2D eigenvalue weighted by atomic mass is 32.1. The van der Waals surface area contributed by atoms with E-state index < -0.39 is 17.6 Å². The van der Waals surface area contributed by atoms with Crippen LogP contribution in [0.25, 0.3) is 0 Å². The Morgan fingerprint density at radius 3 is 2.59 bits per heavy atom. The summed E-state index contributed by atoms with van der Waals surface area (Å²) in [4.78, 5) is 34.5. The molecule has 34 heavy (non-hydrogen) atoms. The summed E-state index contributed by atoms with van der Waals surface area (Å²) in [5.41, 5.74) is 0.682. The Hall–Kier alpha value is -3.91. The summed E-state index contributed by atoms with van der Waals surface area (Å²) in [5, 5.41) is 5.47. The zero-order chi connectivity index (χ0) is 24.9. The number of pyridine rings is 1. The lowest BCUT2D eigenvalue weighted by atomic mass is 10.0. The molecule has 3 amide bonds. The number of halogens is 3. The fourth-order valence-corrected chi connectivity index (χ4v) is 3.27. The molecular formula is C23H20F3N5O2S. The van der Waals surface area contributed by atoms with Gasteiger partial charge in [-0.15, -0.1) is 0 Å². The lowest BCUT2D eigenvalue weighted by Gasteiger charge is -2.13. The monoisotopic (exact) mass is 487 g/mol. The van der Waals surface area contributed by atoms with Crippen LogP contribution < -0.4 is 10.6 Å². The molecule has 0 aliphatic rings. The highest BCUT2D eigenvalue weighted by Gasteiger charge is 2.30. The van der Waals surface area contributed by atoms with E-state index in [-0.39, 0.29) is 17.4 Å². The predicted molar refractivity (Wildman–Crippen MR) is 124 cm³/mol. The molecule has 176 valence electrons. The summed E-state index contributed by atoms with van der Waals surface area (Å²) in [6, 6.07) is 6.11. The van der Waals surface area contributed by atoms with Crippen LogP contribution in [0.2, 0.25) is 0 Å². The Balaban J connectivity index is 1.75. The van der Waals surface area contributed by atoms with E-state index in [0.29, 0.717) is 22.1 Å². The zero-order valence-electron chi connectivity index (χ0n) is 18.4. The van der Waals surface area contributed by atoms with Crippen molar-refractivity contribution in [2.24, 2.45) is 0 Å². The number of carbonyl (C=O) groups excluding carboxylic acids is 2. The van der Waals surface area contributed by atoms with Crippen molar-refractivity contribution < 1.29 is 22.8 Å². The van der Waals surface area contributed by atoms with Crippen LogP contribution in [0, 0.1) is 18.8 Å². The second-order valence-corrected chi connectivity index (χ2v) is 8.17. The Morgan fingerprint density at radius 1 is 1.12 bits per heavy atom. The number of rotatable bonds is 4. The maximum Gasteiger partial charge on any atom is 0.416 e. The number of alkyl halides is 3. The van der Waals surface area contributed by atoms with Crippen LogP contribution in [0.3, 0.4) is 0 Å². The van der Waals surface area contributed by atoms with Gasteiger partial charge >= 0.3 is 12.2 Å². The van der Waals surface area contributed by atoms with Crippen molar-refractivity contribution in [3.63, 3.8) is 0 Å². The van der Waals surface area contributed by atoms with Crippen LogP contribution in [-0.4, -0.2) is 40.4 Å². The first-order valence-corrected chi connectivity index (χ1v) is 10.8. The number of benzene rings is 1. The number of nitrogens with zero attached hydrogens (tertiary/aromatic N) is 3. The van der Waals surface area contributed by atoms with Gasteiger partial charge in [-0.05, 0) is 49.6 Å². The van der Waals surface area contributed by atoms with Crippen LogP contribution >= 0.6 is 11.3 Å². The van der Waals surface area contributed by atoms with E-state index in [2.05, 4.69) is 32.4 Å². The van der Waals surface area contributed by atoms with E-state index >= 15 is 0 Å². The topological polar surface area (TPSA) is 87.2 Å². The van der Waals surface area contributed by atoms with Crippen molar-refractivity contribution >= 4 is 34.2 Å². The van der Waals surface area contributed by atoms with Crippen molar-refractivity contribution in [2.45, 2.75) is 20.0 Å². The average molecular weight is 488 g/mol. The van der Waals surface area contributed by atoms with Gasteiger partial charge in [0.25, 0.3) is 5.91 Å². The number of thiazole rings is 1. The third kappa shape index (κ3) is 6.32. The molecule has 1 aromatic carbocycles. The molecule has 2 aromatic heterocycles. The highest BCUT2D eigenvalue weighted by Crippen LogP contribution is 2.30. The summed E-state index contributed by atoms with van der Waals surface area (Å²) in [5.74, 6) is 5.10. The molecule has 11 heteroatoms. The molecular weight excluding hydrogens is 467 g/mol. The van der Waals surface area contributed by atoms with E-state index in [1.807, 2.05) is 13.8 Å². The lowest BCUT2D eigenvalue weighted by molar-refractivity contribution is -0.137. The lowest BCUT2D eigenvalue weighted by Crippen LogP contribution is -2.30. The average Bonchev–Trinajstić information content (AvgIpc) is 3.24. The minimum Gasteiger partial charge on any atom is -0.328 e. The van der Waals surface area contributed by atoms with E-state index in [1.54, 1.807) is 25.2 Å². The largest absolute Gasteiger partial charge is 0.416 e. The molecule has 0 aliphatic carbocycles. The van der Waals surface area contributed by atoms with Crippen molar-refractivity contribution in [2.75, 3.05) is 24.2 Å². The summed E-state index contributed by atoms with van der Waals surface area (Å²) in [6.07, 6.45) is -2.03. The molecule has 0 spiro atoms. The third-order valence-electron chi connectivity index (χ3n) is 4.69. The molecule has 7 nitrogen and oxygen atoms in total. The molecule has 0 saturated carbocycles. The Kier molecular flexibility index (Phi) is 7.53. The quantitative estimate of drug-likeness (QED) is 0.507. The number of urea groups is 1. The van der Waals surface area contributed by atoms with Gasteiger partial charge in [0.2, 0.25) is 0 Å². The summed E-state index contributed by atoms with van der Waals surface area (Å²) in [7, 11) is 1.67. The maximum atomic E-state index is 12.9. The number of carbonyl (C=O) groups is 2. The second-order valence-electron chi connectivity index (χ2n) is 7.14. The molecule has 0 atom stereocenters. The number of hydrogen-bond acceptors (Lipinski definition) is 5. The van der Waals surface area contributed by atoms with Crippen molar-refractivity contribution in [1.29, 1.82) is 0 Å². The first-order chi connectivity index (χ1) is 16.1. The minimum atomic E-state index is -4.54. The minimum absolute atomic E-state index is 0.207. The number of nitrogens with one attached hydrogen (secondary N) is 2. The van der Waals surface area contributed by atoms with Gasteiger partial charge in [-0.25, -0.2) is 14.8 Å². The van der Waals surface area contributed by atoms with Gasteiger partial charge in [-0.1, -0.05) is 23.3 Å². The van der Waals surface area contributed by atoms with Gasteiger partial charge in [0.1, 0.15) is 5.82 Å². The van der Waals surface area contributed by atoms with E-state index in [9.17, 15) is 22.8 Å². The summed E-state index contributed by atoms with van der Waals surface area (Å²) in [6.45, 7) is 4.22. The van der Waals surface area contributed by atoms with Crippen LogP contribution in [-0.2, 0) is 6.18 Å². The van der Waals surface area contributed by atoms with Gasteiger partial charge in [0.05, 0.1) is 16.6 Å². The van der Waals surface area contributed by atoms with Gasteiger partial charge in [0.15, 0.2) is 5.13 Å². The Morgan fingerprint density at radius 2 is 1.88 bits per heavy atom. The zero-order valence-corrected chi connectivity index (χ0v) is 19.3. The maximum absolute atomic E-state index is 12.9. The van der Waals surface area contributed by atoms with Crippen LogP contribution in [0.5, 0.6) is 0 Å². The third-order valence-corrected chi connectivity index (χ3v) is 5.52. The standard InChI is InChI=1S/C23H20F3N5O2S/c1-4-31(3)22(33)30-21-28-13-18(34-21)8-7-15-11-16(6-5-14(15)2)20(32)29-19-12-17(9-10-27-19)23(24,25)26/h5-6,9-13H,4H2,1-3H3,(H,27,29,32)(H,28,30,33). The number of hydrogen-bond donors (Lipinski definition) is 2. The molecule has 0 bridgehead atoms. The fraction of sp³-hybridized carbons (Fsp3) is 0.217. The molecule has 0 radical (unpaired) electrons. The SMILES string of the molecule is CCN(C)C(=O)Nc1ncc(C#Cc2cc(C(=O)Nc3cc(C(F)(F)F)ccn3)ccc2C)s1. The number of aromatic nitrogens is 2. The molecule has 0 unspecified atom stereocenters. The first-order valence-electron chi connectivity index (χ1n) is 10.0. The van der Waals surface area contributed by atoms with Crippen LogP contribution in [0.1, 0.15) is 38.8 Å². The molecule has 0 saturated heterocycles. The number of anilines is 2. The molecule has 0 fully saturated rings. The van der Waals surface area contributed by atoms with Crippen LogP contribution in [0.4, 0.5) is 28.9 Å². The van der Waals surface area contributed by atoms with E-state index in [1.165, 1.54) is 22.4 Å². The summed E-state index contributed by atoms with van der Waals surface area (Å²) < 4.78 is 38.7. The van der Waals surface area contributed by atoms with Gasteiger partial charge in [0, 0.05) is 30.9 Å². The molecule has 2 N–H and O–H groups in total. The summed E-state index contributed by atoms with van der Waals surface area (Å²) >= 11 is 1.21. The van der Waals surface area contributed by atoms with Crippen molar-refractivity contribution in [1.82, 2.24) is 14.9 Å². The van der Waals surface area contributed by atoms with Crippen LogP contribution in [0.15, 0.2) is 42.7 Å². The molecule has 2 heterocycles. The second kappa shape index (κ2) is 10.4. The fourth-order valence-electron chi connectivity index (χ4n) is 2.61. The highest BCUT2D eigenvalue weighted by molar-refractivity contribution is 7.16.